The van der Waals surface area contributed by atoms with Crippen LogP contribution in [-0.4, -0.2) is 23.3 Å². The van der Waals surface area contributed by atoms with Gasteiger partial charge in [-0.15, -0.1) is 0 Å². The molecule has 3 nitrogen and oxygen atoms in total. The summed E-state index contributed by atoms with van der Waals surface area (Å²) in [6.45, 7) is 0. The second-order valence-electron chi connectivity index (χ2n) is 3.73. The van der Waals surface area contributed by atoms with Crippen LogP contribution in [0.3, 0.4) is 0 Å². The average Bonchev–Trinajstić information content (AvgIpc) is 2.29. The quantitative estimate of drug-likeness (QED) is 0.602. The van der Waals surface area contributed by atoms with E-state index in [-0.39, 0.29) is 29.4 Å². The SMILES string of the molecule is O=C(CC1CC=NC(Cl)=N1)c1ccc(F)cc1. The molecule has 1 heterocycles. The van der Waals surface area contributed by atoms with E-state index in [0.29, 0.717) is 12.0 Å². The predicted octanol–water partition coefficient (Wildman–Crippen LogP) is 2.84. The highest BCUT2D eigenvalue weighted by Crippen LogP contribution is 2.14. The zero-order chi connectivity index (χ0) is 12.3. The van der Waals surface area contributed by atoms with Crippen LogP contribution in [-0.2, 0) is 0 Å². The first-order valence-electron chi connectivity index (χ1n) is 5.20. The summed E-state index contributed by atoms with van der Waals surface area (Å²) in [4.78, 5) is 19.7. The fraction of sp³-hybridized carbons (Fsp3) is 0.250. The third kappa shape index (κ3) is 3.20. The van der Waals surface area contributed by atoms with Crippen LogP contribution in [0.5, 0.6) is 0 Å². The van der Waals surface area contributed by atoms with Gasteiger partial charge in [-0.2, -0.15) is 0 Å². The van der Waals surface area contributed by atoms with E-state index in [4.69, 9.17) is 11.6 Å². The lowest BCUT2D eigenvalue weighted by molar-refractivity contribution is 0.0975. The van der Waals surface area contributed by atoms with Crippen LogP contribution in [0.25, 0.3) is 0 Å². The van der Waals surface area contributed by atoms with Crippen LogP contribution in [0.15, 0.2) is 34.3 Å². The second kappa shape index (κ2) is 5.19. The Balaban J connectivity index is 2.02. The third-order valence-electron chi connectivity index (χ3n) is 2.45. The van der Waals surface area contributed by atoms with Gasteiger partial charge in [0, 0.05) is 24.6 Å². The van der Waals surface area contributed by atoms with Gasteiger partial charge in [-0.25, -0.2) is 9.38 Å². The molecule has 0 radical (unpaired) electrons. The Bertz CT molecular complexity index is 482. The molecular weight excluding hydrogens is 243 g/mol. The van der Waals surface area contributed by atoms with Crippen molar-refractivity contribution in [2.24, 2.45) is 9.98 Å². The molecular formula is C12H10ClFN2O. The monoisotopic (exact) mass is 252 g/mol. The van der Waals surface area contributed by atoms with Gasteiger partial charge in [0.25, 0.3) is 0 Å². The highest BCUT2D eigenvalue weighted by molar-refractivity contribution is 6.65. The van der Waals surface area contributed by atoms with Gasteiger partial charge in [-0.05, 0) is 35.9 Å². The predicted molar refractivity (Wildman–Crippen MR) is 65.5 cm³/mol. The lowest BCUT2D eigenvalue weighted by Gasteiger charge is -2.12. The molecule has 0 amide bonds. The Labute approximate surface area is 103 Å². The maximum atomic E-state index is 12.7. The summed E-state index contributed by atoms with van der Waals surface area (Å²) in [5.74, 6) is -0.425. The molecule has 1 atom stereocenters. The topological polar surface area (TPSA) is 41.8 Å². The zero-order valence-corrected chi connectivity index (χ0v) is 9.69. The number of carbonyl (C=O) groups is 1. The Morgan fingerprint density at radius 3 is 2.76 bits per heavy atom. The van der Waals surface area contributed by atoms with E-state index in [0.717, 1.165) is 0 Å². The van der Waals surface area contributed by atoms with Crippen LogP contribution in [0, 0.1) is 5.82 Å². The number of carbonyl (C=O) groups excluding carboxylic acids is 1. The van der Waals surface area contributed by atoms with E-state index < -0.39 is 0 Å². The van der Waals surface area contributed by atoms with Crippen molar-refractivity contribution in [1.29, 1.82) is 0 Å². The van der Waals surface area contributed by atoms with Crippen molar-refractivity contribution in [3.63, 3.8) is 0 Å². The van der Waals surface area contributed by atoms with E-state index in [9.17, 15) is 9.18 Å². The number of hydrogen-bond acceptors (Lipinski definition) is 3. The summed E-state index contributed by atoms with van der Waals surface area (Å²) in [7, 11) is 0. The summed E-state index contributed by atoms with van der Waals surface area (Å²) in [5.41, 5.74) is 0.486. The van der Waals surface area contributed by atoms with Gasteiger partial charge in [0.15, 0.2) is 5.78 Å². The molecule has 1 aliphatic rings. The van der Waals surface area contributed by atoms with Gasteiger partial charge in [0.1, 0.15) is 5.82 Å². The Morgan fingerprint density at radius 1 is 1.41 bits per heavy atom. The number of ketones is 1. The largest absolute Gasteiger partial charge is 0.294 e. The molecule has 1 unspecified atom stereocenters. The van der Waals surface area contributed by atoms with Crippen LogP contribution in [0.2, 0.25) is 0 Å². The summed E-state index contributed by atoms with van der Waals surface area (Å²) in [5, 5.41) is 0.174. The van der Waals surface area contributed by atoms with E-state index in [2.05, 4.69) is 9.98 Å². The summed E-state index contributed by atoms with van der Waals surface area (Å²) < 4.78 is 12.7. The lowest BCUT2D eigenvalue weighted by Crippen LogP contribution is -2.16. The Morgan fingerprint density at radius 2 is 2.12 bits per heavy atom. The number of benzene rings is 1. The standard InChI is InChI=1S/C12H10ClFN2O/c13-12-15-6-5-10(16-12)7-11(17)8-1-3-9(14)4-2-8/h1-4,6,10H,5,7H2. The maximum Gasteiger partial charge on any atom is 0.217 e. The number of rotatable bonds is 3. The number of hydrogen-bond donors (Lipinski definition) is 0. The van der Waals surface area contributed by atoms with Gasteiger partial charge in [-0.3, -0.25) is 9.79 Å². The number of Topliss-reactive ketones (excluding diaryl/α,β-unsaturated/α-hetero) is 1. The molecule has 1 aliphatic heterocycles. The molecule has 5 heteroatoms. The molecule has 1 aromatic rings. The van der Waals surface area contributed by atoms with Crippen LogP contribution >= 0.6 is 11.6 Å². The molecule has 0 N–H and O–H groups in total. The Kier molecular flexibility index (Phi) is 3.64. The van der Waals surface area contributed by atoms with Crippen molar-refractivity contribution < 1.29 is 9.18 Å². The van der Waals surface area contributed by atoms with Crippen molar-refractivity contribution in [3.8, 4) is 0 Å². The molecule has 0 saturated carbocycles. The minimum absolute atomic E-state index is 0.0708. The van der Waals surface area contributed by atoms with Crippen molar-refractivity contribution in [1.82, 2.24) is 0 Å². The van der Waals surface area contributed by atoms with Crippen LogP contribution in [0.4, 0.5) is 4.39 Å². The zero-order valence-electron chi connectivity index (χ0n) is 8.94. The van der Waals surface area contributed by atoms with E-state index in [1.165, 1.54) is 24.3 Å². The van der Waals surface area contributed by atoms with Crippen molar-refractivity contribution in [3.05, 3.63) is 35.6 Å². The molecule has 0 bridgehead atoms. The fourth-order valence-corrected chi connectivity index (χ4v) is 1.79. The second-order valence-corrected chi connectivity index (χ2v) is 4.07. The lowest BCUT2D eigenvalue weighted by atomic mass is 10.0. The smallest absolute Gasteiger partial charge is 0.217 e. The first-order valence-corrected chi connectivity index (χ1v) is 5.57. The molecule has 0 aromatic heterocycles. The highest BCUT2D eigenvalue weighted by Gasteiger charge is 2.16. The van der Waals surface area contributed by atoms with Crippen LogP contribution in [0.1, 0.15) is 23.2 Å². The van der Waals surface area contributed by atoms with Crippen LogP contribution < -0.4 is 0 Å². The molecule has 1 aromatic carbocycles. The van der Waals surface area contributed by atoms with Gasteiger partial charge in [0.2, 0.25) is 5.29 Å². The number of amidine groups is 1. The van der Waals surface area contributed by atoms with Crippen molar-refractivity contribution in [2.75, 3.05) is 0 Å². The first-order chi connectivity index (χ1) is 8.15. The summed E-state index contributed by atoms with van der Waals surface area (Å²) in [6, 6.07) is 5.31. The molecule has 17 heavy (non-hydrogen) atoms. The van der Waals surface area contributed by atoms with E-state index in [1.54, 1.807) is 6.21 Å². The molecule has 0 spiro atoms. The molecule has 0 fully saturated rings. The normalized spacial score (nSPS) is 18.9. The minimum atomic E-state index is -0.354. The number of halogens is 2. The van der Waals surface area contributed by atoms with Gasteiger partial charge < -0.3 is 0 Å². The fourth-order valence-electron chi connectivity index (χ4n) is 1.58. The molecule has 2 rings (SSSR count). The highest BCUT2D eigenvalue weighted by atomic mass is 35.5. The molecule has 88 valence electrons. The average molecular weight is 253 g/mol. The van der Waals surface area contributed by atoms with Gasteiger partial charge in [-0.1, -0.05) is 0 Å². The third-order valence-corrected chi connectivity index (χ3v) is 2.65. The number of aliphatic imine (C=N–C) groups is 2. The molecule has 0 aliphatic carbocycles. The van der Waals surface area contributed by atoms with E-state index in [1.807, 2.05) is 0 Å². The first kappa shape index (κ1) is 11.9. The summed E-state index contributed by atoms with van der Waals surface area (Å²) in [6.07, 6.45) is 2.51. The minimum Gasteiger partial charge on any atom is -0.294 e. The number of nitrogens with zero attached hydrogens (tertiary/aromatic N) is 2. The van der Waals surface area contributed by atoms with Gasteiger partial charge in [0.05, 0.1) is 6.04 Å². The molecule has 0 saturated heterocycles. The Hall–Kier alpha value is -1.55. The summed E-state index contributed by atoms with van der Waals surface area (Å²) >= 11 is 5.65. The van der Waals surface area contributed by atoms with Crippen molar-refractivity contribution >= 4 is 28.9 Å². The van der Waals surface area contributed by atoms with E-state index >= 15 is 0 Å². The van der Waals surface area contributed by atoms with Gasteiger partial charge >= 0.3 is 0 Å². The maximum absolute atomic E-state index is 12.7. The van der Waals surface area contributed by atoms with Crippen molar-refractivity contribution in [2.45, 2.75) is 18.9 Å².